The molecule has 2 rings (SSSR count). The van der Waals surface area contributed by atoms with Gasteiger partial charge < -0.3 is 10.5 Å². The summed E-state index contributed by atoms with van der Waals surface area (Å²) in [7, 11) is 0. The van der Waals surface area contributed by atoms with Gasteiger partial charge in [0, 0.05) is 6.54 Å². The maximum absolute atomic E-state index is 13.1. The second-order valence-electron chi connectivity index (χ2n) is 3.68. The summed E-state index contributed by atoms with van der Waals surface area (Å²) < 4.78 is 18.4. The Morgan fingerprint density at radius 2 is 1.89 bits per heavy atom. The van der Waals surface area contributed by atoms with Gasteiger partial charge in [-0.3, -0.25) is 0 Å². The first-order chi connectivity index (χ1) is 8.29. The highest BCUT2D eigenvalue weighted by atomic mass is 35.5. The Morgan fingerprint density at radius 1 is 1.17 bits per heavy atom. The third kappa shape index (κ3) is 3.72. The van der Waals surface area contributed by atoms with Crippen LogP contribution in [0.4, 0.5) is 4.39 Å². The molecular formula is C14H15ClFNO. The molecule has 0 saturated carbocycles. The number of ether oxygens (including phenoxy) is 1. The summed E-state index contributed by atoms with van der Waals surface area (Å²) in [5.41, 5.74) is 5.20. The summed E-state index contributed by atoms with van der Waals surface area (Å²) in [6.07, 6.45) is 1.31. The normalized spacial score (nSPS) is 11.1. The first-order valence-corrected chi connectivity index (χ1v) is 5.46. The molecule has 18 heavy (non-hydrogen) atoms. The van der Waals surface area contributed by atoms with Crippen molar-refractivity contribution in [1.29, 1.82) is 0 Å². The van der Waals surface area contributed by atoms with Crippen LogP contribution in [0.25, 0.3) is 10.8 Å². The van der Waals surface area contributed by atoms with Crippen molar-refractivity contribution < 1.29 is 9.13 Å². The topological polar surface area (TPSA) is 35.2 Å². The zero-order valence-electron chi connectivity index (χ0n) is 9.80. The molecule has 2 aromatic carbocycles. The van der Waals surface area contributed by atoms with Crippen LogP contribution in [-0.2, 0) is 0 Å². The van der Waals surface area contributed by atoms with Crippen LogP contribution in [0.15, 0.2) is 54.4 Å². The summed E-state index contributed by atoms with van der Waals surface area (Å²) in [6.45, 7) is 0.114. The summed E-state index contributed by atoms with van der Waals surface area (Å²) >= 11 is 0. The first-order valence-electron chi connectivity index (χ1n) is 5.46. The van der Waals surface area contributed by atoms with Crippen LogP contribution in [0, 0.1) is 0 Å². The molecule has 0 radical (unpaired) electrons. The molecule has 2 nitrogen and oxygen atoms in total. The molecule has 0 amide bonds. The van der Waals surface area contributed by atoms with Gasteiger partial charge in [0.2, 0.25) is 0 Å². The van der Waals surface area contributed by atoms with E-state index >= 15 is 0 Å². The molecule has 0 aliphatic rings. The lowest BCUT2D eigenvalue weighted by Gasteiger charge is -2.06. The largest absolute Gasteiger partial charge is 0.486 e. The predicted octanol–water partition coefficient (Wildman–Crippen LogP) is 3.45. The van der Waals surface area contributed by atoms with E-state index in [4.69, 9.17) is 10.5 Å². The van der Waals surface area contributed by atoms with E-state index in [1.807, 2.05) is 42.5 Å². The molecule has 0 spiro atoms. The van der Waals surface area contributed by atoms with E-state index < -0.39 is 0 Å². The van der Waals surface area contributed by atoms with E-state index in [0.717, 1.165) is 10.8 Å². The second kappa shape index (κ2) is 6.99. The van der Waals surface area contributed by atoms with E-state index in [2.05, 4.69) is 0 Å². The Labute approximate surface area is 112 Å². The van der Waals surface area contributed by atoms with Crippen molar-refractivity contribution in [1.82, 2.24) is 0 Å². The lowest BCUT2D eigenvalue weighted by atomic mass is 10.1. The smallest absolute Gasteiger partial charge is 0.139 e. The minimum Gasteiger partial charge on any atom is -0.486 e. The predicted molar refractivity (Wildman–Crippen MR) is 74.9 cm³/mol. The number of halogens is 2. The Kier molecular flexibility index (Phi) is 5.62. The maximum Gasteiger partial charge on any atom is 0.139 e. The van der Waals surface area contributed by atoms with Gasteiger partial charge in [-0.25, -0.2) is 4.39 Å². The highest BCUT2D eigenvalue weighted by molar-refractivity contribution is 5.85. The van der Waals surface area contributed by atoms with Gasteiger partial charge in [0.25, 0.3) is 0 Å². The molecular weight excluding hydrogens is 253 g/mol. The quantitative estimate of drug-likeness (QED) is 0.921. The van der Waals surface area contributed by atoms with Crippen LogP contribution in [-0.4, -0.2) is 13.2 Å². The summed E-state index contributed by atoms with van der Waals surface area (Å²) in [6, 6.07) is 13.6. The molecule has 0 atom stereocenters. The van der Waals surface area contributed by atoms with Crippen LogP contribution in [0.3, 0.4) is 0 Å². The van der Waals surface area contributed by atoms with E-state index in [1.54, 1.807) is 0 Å². The van der Waals surface area contributed by atoms with Crippen molar-refractivity contribution in [3.63, 3.8) is 0 Å². The minimum absolute atomic E-state index is 0. The van der Waals surface area contributed by atoms with E-state index in [1.165, 1.54) is 6.08 Å². The van der Waals surface area contributed by atoms with Crippen molar-refractivity contribution in [2.24, 2.45) is 5.73 Å². The molecule has 2 aromatic rings. The molecule has 0 saturated heterocycles. The number of nitrogens with two attached hydrogens (primary N) is 1. The van der Waals surface area contributed by atoms with Gasteiger partial charge in [-0.05, 0) is 29.0 Å². The Bertz CT molecular complexity index is 542. The summed E-state index contributed by atoms with van der Waals surface area (Å²) in [5, 5.41) is 2.21. The lowest BCUT2D eigenvalue weighted by molar-refractivity contribution is 0.318. The average molecular weight is 268 g/mol. The molecule has 0 heterocycles. The summed E-state index contributed by atoms with van der Waals surface area (Å²) in [5.74, 6) is 0.310. The first kappa shape index (κ1) is 14.5. The van der Waals surface area contributed by atoms with Crippen LogP contribution in [0.2, 0.25) is 0 Å². The van der Waals surface area contributed by atoms with Gasteiger partial charge in [-0.2, -0.15) is 0 Å². The minimum atomic E-state index is -0.347. The molecule has 96 valence electrons. The standard InChI is InChI=1S/C14H14FNO.ClH/c15-13(7-8-16)10-17-14-6-5-11-3-1-2-4-12(11)9-14;/h1-7,9H,8,10,16H2;1H. The number of rotatable bonds is 4. The fourth-order valence-corrected chi connectivity index (χ4v) is 1.60. The number of hydrogen-bond donors (Lipinski definition) is 1. The molecule has 0 aliphatic carbocycles. The molecule has 0 aliphatic heterocycles. The van der Waals surface area contributed by atoms with E-state index in [9.17, 15) is 4.39 Å². The molecule has 0 bridgehead atoms. The number of benzene rings is 2. The van der Waals surface area contributed by atoms with Gasteiger partial charge in [0.05, 0.1) is 0 Å². The van der Waals surface area contributed by atoms with E-state index in [-0.39, 0.29) is 31.4 Å². The molecule has 0 unspecified atom stereocenters. The zero-order chi connectivity index (χ0) is 12.1. The van der Waals surface area contributed by atoms with Crippen molar-refractivity contribution in [2.75, 3.05) is 13.2 Å². The Balaban J connectivity index is 0.00000162. The second-order valence-corrected chi connectivity index (χ2v) is 3.68. The van der Waals surface area contributed by atoms with Crippen molar-refractivity contribution >= 4 is 23.2 Å². The molecule has 2 N–H and O–H groups in total. The lowest BCUT2D eigenvalue weighted by Crippen LogP contribution is -2.01. The van der Waals surface area contributed by atoms with E-state index in [0.29, 0.717) is 5.75 Å². The van der Waals surface area contributed by atoms with Gasteiger partial charge in [-0.1, -0.05) is 30.3 Å². The van der Waals surface area contributed by atoms with Crippen LogP contribution < -0.4 is 10.5 Å². The molecule has 0 aromatic heterocycles. The maximum atomic E-state index is 13.1. The summed E-state index contributed by atoms with van der Waals surface area (Å²) in [4.78, 5) is 0. The van der Waals surface area contributed by atoms with Crippen molar-refractivity contribution in [3.8, 4) is 5.75 Å². The zero-order valence-corrected chi connectivity index (χ0v) is 10.6. The van der Waals surface area contributed by atoms with Crippen LogP contribution in [0.1, 0.15) is 0 Å². The highest BCUT2D eigenvalue weighted by Crippen LogP contribution is 2.20. The molecule has 0 fully saturated rings. The van der Waals surface area contributed by atoms with Gasteiger partial charge in [0.15, 0.2) is 0 Å². The third-order valence-electron chi connectivity index (χ3n) is 2.44. The van der Waals surface area contributed by atoms with Crippen LogP contribution >= 0.6 is 12.4 Å². The van der Waals surface area contributed by atoms with Crippen molar-refractivity contribution in [2.45, 2.75) is 0 Å². The van der Waals surface area contributed by atoms with Gasteiger partial charge in [0.1, 0.15) is 18.2 Å². The number of fused-ring (bicyclic) bond motifs is 1. The van der Waals surface area contributed by atoms with Gasteiger partial charge >= 0.3 is 0 Å². The SMILES string of the molecule is Cl.NCC=C(F)COc1ccc2ccccc2c1. The third-order valence-corrected chi connectivity index (χ3v) is 2.44. The average Bonchev–Trinajstić information content (AvgIpc) is 2.36. The van der Waals surface area contributed by atoms with Crippen molar-refractivity contribution in [3.05, 3.63) is 54.4 Å². The Morgan fingerprint density at radius 3 is 2.61 bits per heavy atom. The number of hydrogen-bond acceptors (Lipinski definition) is 2. The van der Waals surface area contributed by atoms with Gasteiger partial charge in [-0.15, -0.1) is 12.4 Å². The highest BCUT2D eigenvalue weighted by Gasteiger charge is 1.99. The van der Waals surface area contributed by atoms with Crippen LogP contribution in [0.5, 0.6) is 5.75 Å². The Hall–Kier alpha value is -1.58. The molecule has 4 heteroatoms. The monoisotopic (exact) mass is 267 g/mol. The fourth-order valence-electron chi connectivity index (χ4n) is 1.60. The fraction of sp³-hybridized carbons (Fsp3) is 0.143.